The number of fused-ring (bicyclic) bond motifs is 2. The summed E-state index contributed by atoms with van der Waals surface area (Å²) in [6.07, 6.45) is 1.22. The number of hydrogen-bond donors (Lipinski definition) is 2. The maximum absolute atomic E-state index is 12.9. The first-order valence-corrected chi connectivity index (χ1v) is 10.0. The summed E-state index contributed by atoms with van der Waals surface area (Å²) >= 11 is 0. The largest absolute Gasteiger partial charge is 0.481 e. The predicted molar refractivity (Wildman–Crippen MR) is 109 cm³/mol. The number of carboxylic acids is 1. The van der Waals surface area contributed by atoms with Gasteiger partial charge in [-0.1, -0.05) is 12.2 Å². The van der Waals surface area contributed by atoms with Crippen LogP contribution in [0.15, 0.2) is 30.4 Å². The minimum Gasteiger partial charge on any atom is -0.481 e. The SMILES string of the molecule is CC(C)OC(=O)c1cc(NC(=O)[C@@H]2[C@@H](C(=O)O)[C@@H]3C=C[C@H]2O3)cc(C(=O)OC(C)C)c1. The molecule has 2 bridgehead atoms. The molecule has 9 heteroatoms. The molecule has 0 aliphatic carbocycles. The number of nitrogens with one attached hydrogen (secondary N) is 1. The molecule has 0 unspecified atom stereocenters. The van der Waals surface area contributed by atoms with Crippen LogP contribution in [0.3, 0.4) is 0 Å². The lowest BCUT2D eigenvalue weighted by atomic mass is 9.82. The van der Waals surface area contributed by atoms with Crippen molar-refractivity contribution in [2.45, 2.75) is 52.1 Å². The Balaban J connectivity index is 1.89. The van der Waals surface area contributed by atoms with Crippen LogP contribution in [0.4, 0.5) is 5.69 Å². The summed E-state index contributed by atoms with van der Waals surface area (Å²) in [4.78, 5) is 49.3. The first-order valence-electron chi connectivity index (χ1n) is 10.0. The van der Waals surface area contributed by atoms with Crippen molar-refractivity contribution >= 4 is 29.5 Å². The third-order valence-corrected chi connectivity index (χ3v) is 4.84. The Labute approximate surface area is 179 Å². The van der Waals surface area contributed by atoms with Gasteiger partial charge in [0.05, 0.1) is 41.5 Å². The predicted octanol–water partition coefficient (Wildman–Crippen LogP) is 2.41. The van der Waals surface area contributed by atoms with Crippen LogP contribution >= 0.6 is 0 Å². The van der Waals surface area contributed by atoms with Gasteiger partial charge < -0.3 is 24.6 Å². The lowest BCUT2D eigenvalue weighted by Gasteiger charge is -2.21. The molecule has 0 saturated carbocycles. The number of hydrogen-bond acceptors (Lipinski definition) is 7. The molecule has 2 N–H and O–H groups in total. The summed E-state index contributed by atoms with van der Waals surface area (Å²) < 4.78 is 15.9. The molecule has 0 radical (unpaired) electrons. The van der Waals surface area contributed by atoms with Gasteiger partial charge in [-0.2, -0.15) is 0 Å². The summed E-state index contributed by atoms with van der Waals surface area (Å²) in [5.41, 5.74) is 0.261. The lowest BCUT2D eigenvalue weighted by molar-refractivity contribution is -0.145. The normalized spacial score (nSPS) is 23.8. The van der Waals surface area contributed by atoms with Crippen molar-refractivity contribution in [1.29, 1.82) is 0 Å². The number of aliphatic carboxylic acids is 1. The van der Waals surface area contributed by atoms with Gasteiger partial charge in [0.25, 0.3) is 0 Å². The summed E-state index contributed by atoms with van der Waals surface area (Å²) in [6, 6.07) is 4.07. The molecular formula is C22H25NO8. The maximum Gasteiger partial charge on any atom is 0.338 e. The van der Waals surface area contributed by atoms with E-state index in [-0.39, 0.29) is 29.0 Å². The third kappa shape index (κ3) is 4.93. The fraction of sp³-hybridized carbons (Fsp3) is 0.455. The molecule has 0 spiro atoms. The molecule has 2 aliphatic rings. The zero-order valence-electron chi connectivity index (χ0n) is 17.7. The van der Waals surface area contributed by atoms with Crippen molar-refractivity contribution in [2.24, 2.45) is 11.8 Å². The topological polar surface area (TPSA) is 128 Å². The number of rotatable bonds is 7. The van der Waals surface area contributed by atoms with Gasteiger partial charge >= 0.3 is 17.9 Å². The second-order valence-electron chi connectivity index (χ2n) is 8.04. The molecule has 4 atom stereocenters. The number of amides is 1. The van der Waals surface area contributed by atoms with Gasteiger partial charge in [0.15, 0.2) is 0 Å². The van der Waals surface area contributed by atoms with Crippen LogP contribution in [0.2, 0.25) is 0 Å². The Morgan fingerprint density at radius 1 is 0.871 bits per heavy atom. The highest BCUT2D eigenvalue weighted by Crippen LogP contribution is 2.40. The quantitative estimate of drug-likeness (QED) is 0.498. The fourth-order valence-corrected chi connectivity index (χ4v) is 3.64. The summed E-state index contributed by atoms with van der Waals surface area (Å²) in [6.45, 7) is 6.75. The van der Waals surface area contributed by atoms with Crippen molar-refractivity contribution in [2.75, 3.05) is 5.32 Å². The van der Waals surface area contributed by atoms with Crippen LogP contribution in [0.5, 0.6) is 0 Å². The van der Waals surface area contributed by atoms with Crippen molar-refractivity contribution in [1.82, 2.24) is 0 Å². The Hall–Kier alpha value is -3.20. The van der Waals surface area contributed by atoms with E-state index >= 15 is 0 Å². The van der Waals surface area contributed by atoms with Crippen LogP contribution in [-0.4, -0.2) is 53.3 Å². The standard InChI is InChI=1S/C22H25NO8/c1-10(2)29-21(27)12-7-13(22(28)30-11(3)4)9-14(8-12)23-19(24)17-15-5-6-16(31-15)18(17)20(25)26/h5-11,15-18H,1-4H3,(H,23,24)(H,25,26)/t15-,16+,17+,18+/m1/s1. The average molecular weight is 431 g/mol. The number of anilines is 1. The minimum atomic E-state index is -1.13. The number of ether oxygens (including phenoxy) is 3. The van der Waals surface area contributed by atoms with Crippen LogP contribution in [0.25, 0.3) is 0 Å². The van der Waals surface area contributed by atoms with Gasteiger partial charge in [0.2, 0.25) is 5.91 Å². The van der Waals surface area contributed by atoms with Crippen LogP contribution in [-0.2, 0) is 23.8 Å². The van der Waals surface area contributed by atoms with E-state index in [1.807, 2.05) is 0 Å². The van der Waals surface area contributed by atoms with Gasteiger partial charge in [-0.25, -0.2) is 9.59 Å². The van der Waals surface area contributed by atoms with E-state index in [4.69, 9.17) is 14.2 Å². The lowest BCUT2D eigenvalue weighted by Crippen LogP contribution is -2.39. The molecule has 0 aromatic heterocycles. The van der Waals surface area contributed by atoms with Crippen molar-refractivity contribution in [3.05, 3.63) is 41.5 Å². The summed E-state index contributed by atoms with van der Waals surface area (Å²) in [5.74, 6) is -5.01. The first kappa shape index (κ1) is 22.5. The molecule has 1 aromatic carbocycles. The van der Waals surface area contributed by atoms with E-state index in [0.29, 0.717) is 0 Å². The number of benzene rings is 1. The van der Waals surface area contributed by atoms with E-state index in [1.165, 1.54) is 18.2 Å². The molecule has 1 amide bonds. The zero-order chi connectivity index (χ0) is 22.9. The second kappa shape index (κ2) is 8.89. The Bertz CT molecular complexity index is 895. The maximum atomic E-state index is 12.9. The molecule has 1 aromatic rings. The second-order valence-corrected chi connectivity index (χ2v) is 8.04. The van der Waals surface area contributed by atoms with Crippen LogP contribution in [0, 0.1) is 11.8 Å². The van der Waals surface area contributed by atoms with Crippen molar-refractivity contribution in [3.63, 3.8) is 0 Å². The third-order valence-electron chi connectivity index (χ3n) is 4.84. The molecule has 31 heavy (non-hydrogen) atoms. The number of carbonyl (C=O) groups is 4. The van der Waals surface area contributed by atoms with Crippen LogP contribution in [0.1, 0.15) is 48.4 Å². The van der Waals surface area contributed by atoms with Crippen molar-refractivity contribution < 1.29 is 38.5 Å². The van der Waals surface area contributed by atoms with E-state index in [2.05, 4.69) is 5.32 Å². The average Bonchev–Trinajstić information content (AvgIpc) is 3.28. The van der Waals surface area contributed by atoms with E-state index < -0.39 is 47.9 Å². The molecule has 9 nitrogen and oxygen atoms in total. The summed E-state index contributed by atoms with van der Waals surface area (Å²) in [5, 5.41) is 12.1. The van der Waals surface area contributed by atoms with Gasteiger partial charge in [-0.3, -0.25) is 9.59 Å². The first-order chi connectivity index (χ1) is 14.6. The van der Waals surface area contributed by atoms with E-state index in [1.54, 1.807) is 39.8 Å². The number of esters is 2. The number of carboxylic acid groups (broad SMARTS) is 1. The zero-order valence-corrected chi connectivity index (χ0v) is 17.7. The van der Waals surface area contributed by atoms with Crippen LogP contribution < -0.4 is 5.32 Å². The highest BCUT2D eigenvalue weighted by molar-refractivity contribution is 6.01. The smallest absolute Gasteiger partial charge is 0.338 e. The highest BCUT2D eigenvalue weighted by atomic mass is 16.5. The molecular weight excluding hydrogens is 406 g/mol. The molecule has 3 rings (SSSR count). The van der Waals surface area contributed by atoms with Gasteiger partial charge in [-0.15, -0.1) is 0 Å². The summed E-state index contributed by atoms with van der Waals surface area (Å²) in [7, 11) is 0. The Kier molecular flexibility index (Phi) is 6.45. The highest BCUT2D eigenvalue weighted by Gasteiger charge is 2.53. The molecule has 1 saturated heterocycles. The van der Waals surface area contributed by atoms with Gasteiger partial charge in [0.1, 0.15) is 5.92 Å². The molecule has 1 fully saturated rings. The van der Waals surface area contributed by atoms with E-state index in [9.17, 15) is 24.3 Å². The van der Waals surface area contributed by atoms with Gasteiger partial charge in [-0.05, 0) is 45.9 Å². The van der Waals surface area contributed by atoms with Gasteiger partial charge in [0, 0.05) is 5.69 Å². The molecule has 2 heterocycles. The minimum absolute atomic E-state index is 0.0566. The van der Waals surface area contributed by atoms with E-state index in [0.717, 1.165) is 0 Å². The van der Waals surface area contributed by atoms with Crippen molar-refractivity contribution in [3.8, 4) is 0 Å². The fourth-order valence-electron chi connectivity index (χ4n) is 3.64. The monoisotopic (exact) mass is 431 g/mol. The number of carbonyl (C=O) groups excluding carboxylic acids is 3. The molecule has 2 aliphatic heterocycles. The Morgan fingerprint density at radius 3 is 1.81 bits per heavy atom. The molecule has 166 valence electrons. The Morgan fingerprint density at radius 2 is 1.35 bits per heavy atom.